The molecule has 1 rings (SSSR count). The Balaban J connectivity index is 2.71. The molecule has 0 saturated carbocycles. The maximum Gasteiger partial charge on any atom is 0.191 e. The van der Waals surface area contributed by atoms with Gasteiger partial charge in [-0.15, -0.1) is 5.75 Å². The minimum Gasteiger partial charge on any atom is -0.872 e. The smallest absolute Gasteiger partial charge is 0.191 e. The largest absolute Gasteiger partial charge is 0.872 e. The molecule has 3 nitrogen and oxygen atoms in total. The van der Waals surface area contributed by atoms with Crippen LogP contribution in [0.4, 0.5) is 5.69 Å². The Morgan fingerprint density at radius 1 is 1.38 bits per heavy atom. The van der Waals surface area contributed by atoms with Crippen molar-refractivity contribution in [2.75, 3.05) is 0 Å². The van der Waals surface area contributed by atoms with Crippen LogP contribution in [-0.2, 0) is 4.79 Å². The summed E-state index contributed by atoms with van der Waals surface area (Å²) in [5.41, 5.74) is 0.672. The summed E-state index contributed by atoms with van der Waals surface area (Å²) < 4.78 is 0.539. The number of carbonyl (C=O) groups is 1. The molecule has 82 valence electrons. The molecule has 0 unspecified atom stereocenters. The molecular weight excluding hydrogens is 317 g/mol. The standard InChI is InChI=1S/C12H10INO2/c1-2-12(16)11(13)7-8-14-9-3-5-10(15)6-4-9/h2-8,15H,1H2/p-1/b11-7-,14-8?. The van der Waals surface area contributed by atoms with E-state index < -0.39 is 0 Å². The molecule has 0 aliphatic heterocycles. The molecule has 0 N–H and O–H groups in total. The SMILES string of the molecule is C=CC(=O)/C(I)=C/C=Nc1ccc([O-])cc1. The monoisotopic (exact) mass is 326 g/mol. The van der Waals surface area contributed by atoms with Crippen LogP contribution in [0.1, 0.15) is 0 Å². The van der Waals surface area contributed by atoms with Crippen LogP contribution < -0.4 is 5.11 Å². The van der Waals surface area contributed by atoms with Crippen molar-refractivity contribution in [3.05, 3.63) is 46.6 Å². The molecule has 0 aromatic heterocycles. The molecule has 0 radical (unpaired) electrons. The number of carbonyl (C=O) groups excluding carboxylic acids is 1. The first-order valence-corrected chi connectivity index (χ1v) is 5.55. The molecule has 0 atom stereocenters. The number of aliphatic imine (C=N–C) groups is 1. The number of hydrogen-bond donors (Lipinski definition) is 0. The van der Waals surface area contributed by atoms with E-state index in [-0.39, 0.29) is 11.5 Å². The third-order valence-electron chi connectivity index (χ3n) is 1.70. The zero-order chi connectivity index (χ0) is 12.0. The van der Waals surface area contributed by atoms with Gasteiger partial charge in [0, 0.05) is 6.21 Å². The van der Waals surface area contributed by atoms with Crippen molar-refractivity contribution in [1.29, 1.82) is 0 Å². The van der Waals surface area contributed by atoms with E-state index in [0.717, 1.165) is 0 Å². The first-order chi connectivity index (χ1) is 7.63. The van der Waals surface area contributed by atoms with Crippen molar-refractivity contribution in [3.63, 3.8) is 0 Å². The summed E-state index contributed by atoms with van der Waals surface area (Å²) in [5.74, 6) is -0.187. The van der Waals surface area contributed by atoms with Gasteiger partial charge in [-0.1, -0.05) is 18.7 Å². The molecule has 0 heterocycles. The average Bonchev–Trinajstić information content (AvgIpc) is 2.30. The normalized spacial score (nSPS) is 11.7. The Morgan fingerprint density at radius 3 is 2.56 bits per heavy atom. The molecule has 0 amide bonds. The molecule has 4 heteroatoms. The van der Waals surface area contributed by atoms with Gasteiger partial charge in [-0.05, 0) is 46.9 Å². The molecule has 1 aromatic carbocycles. The van der Waals surface area contributed by atoms with Crippen LogP contribution in [0.25, 0.3) is 0 Å². The zero-order valence-electron chi connectivity index (χ0n) is 8.39. The topological polar surface area (TPSA) is 52.5 Å². The lowest BCUT2D eigenvalue weighted by atomic mass is 10.3. The van der Waals surface area contributed by atoms with Crippen LogP contribution in [-0.4, -0.2) is 12.0 Å². The zero-order valence-corrected chi connectivity index (χ0v) is 10.5. The van der Waals surface area contributed by atoms with E-state index in [1.807, 2.05) is 22.6 Å². The maximum absolute atomic E-state index is 11.1. The Labute approximate surface area is 107 Å². The maximum atomic E-state index is 11.1. The van der Waals surface area contributed by atoms with Crippen LogP contribution in [0.3, 0.4) is 0 Å². The summed E-state index contributed by atoms with van der Waals surface area (Å²) in [6.07, 6.45) is 4.36. The van der Waals surface area contributed by atoms with E-state index in [9.17, 15) is 9.90 Å². The van der Waals surface area contributed by atoms with E-state index in [0.29, 0.717) is 9.27 Å². The summed E-state index contributed by atoms with van der Waals surface area (Å²) in [6, 6.07) is 6.12. The minimum absolute atomic E-state index is 0.0501. The van der Waals surface area contributed by atoms with E-state index in [2.05, 4.69) is 11.6 Å². The van der Waals surface area contributed by atoms with Gasteiger partial charge in [0.1, 0.15) is 0 Å². The van der Waals surface area contributed by atoms with Crippen LogP contribution >= 0.6 is 22.6 Å². The van der Waals surface area contributed by atoms with Gasteiger partial charge < -0.3 is 5.11 Å². The molecule has 0 aliphatic rings. The number of allylic oxidation sites excluding steroid dienone is 3. The molecule has 0 saturated heterocycles. The predicted molar refractivity (Wildman–Crippen MR) is 71.3 cm³/mol. The van der Waals surface area contributed by atoms with Gasteiger partial charge in [0.15, 0.2) is 5.78 Å². The Morgan fingerprint density at radius 2 is 2.00 bits per heavy atom. The highest BCUT2D eigenvalue weighted by atomic mass is 127. The molecule has 0 spiro atoms. The Hall–Kier alpha value is -1.43. The summed E-state index contributed by atoms with van der Waals surface area (Å²) in [6.45, 7) is 3.38. The molecule has 0 fully saturated rings. The van der Waals surface area contributed by atoms with Gasteiger partial charge in [-0.2, -0.15) is 0 Å². The van der Waals surface area contributed by atoms with Gasteiger partial charge in [-0.3, -0.25) is 9.79 Å². The summed E-state index contributed by atoms with van der Waals surface area (Å²) in [7, 11) is 0. The first-order valence-electron chi connectivity index (χ1n) is 4.47. The van der Waals surface area contributed by atoms with Gasteiger partial charge in [-0.25, -0.2) is 0 Å². The number of halogens is 1. The number of rotatable bonds is 4. The highest BCUT2D eigenvalue weighted by Crippen LogP contribution is 2.14. The van der Waals surface area contributed by atoms with Gasteiger partial charge in [0.05, 0.1) is 9.27 Å². The lowest BCUT2D eigenvalue weighted by Crippen LogP contribution is -1.89. The summed E-state index contributed by atoms with van der Waals surface area (Å²) >= 11 is 1.91. The van der Waals surface area contributed by atoms with Crippen LogP contribution in [0, 0.1) is 0 Å². The molecule has 1 aromatic rings. The van der Waals surface area contributed by atoms with Crippen molar-refractivity contribution in [2.24, 2.45) is 4.99 Å². The van der Waals surface area contributed by atoms with Crippen LogP contribution in [0.2, 0.25) is 0 Å². The third kappa shape index (κ3) is 3.98. The highest BCUT2D eigenvalue weighted by molar-refractivity contribution is 14.1. The second-order valence-electron chi connectivity index (χ2n) is 2.86. The molecular formula is C12H9INO2-. The summed E-state index contributed by atoms with van der Waals surface area (Å²) in [5, 5.41) is 10.8. The van der Waals surface area contributed by atoms with E-state index in [1.165, 1.54) is 24.4 Å². The number of ketones is 1. The predicted octanol–water partition coefficient (Wildman–Crippen LogP) is 2.54. The second kappa shape index (κ2) is 6.22. The fraction of sp³-hybridized carbons (Fsp3) is 0. The molecule has 16 heavy (non-hydrogen) atoms. The van der Waals surface area contributed by atoms with Crippen LogP contribution in [0.5, 0.6) is 5.75 Å². The lowest BCUT2D eigenvalue weighted by Gasteiger charge is -2.02. The first kappa shape index (κ1) is 12.6. The summed E-state index contributed by atoms with van der Waals surface area (Å²) in [4.78, 5) is 15.2. The highest BCUT2D eigenvalue weighted by Gasteiger charge is 1.97. The number of nitrogens with zero attached hydrogens (tertiary/aromatic N) is 1. The fourth-order valence-corrected chi connectivity index (χ4v) is 1.28. The molecule has 0 bridgehead atoms. The van der Waals surface area contributed by atoms with E-state index in [4.69, 9.17) is 0 Å². The number of hydrogen-bond acceptors (Lipinski definition) is 3. The number of benzene rings is 1. The van der Waals surface area contributed by atoms with Crippen molar-refractivity contribution < 1.29 is 9.90 Å². The third-order valence-corrected chi connectivity index (χ3v) is 2.59. The quantitative estimate of drug-likeness (QED) is 0.485. The van der Waals surface area contributed by atoms with Crippen molar-refractivity contribution in [2.45, 2.75) is 0 Å². The van der Waals surface area contributed by atoms with Gasteiger partial charge in [0.25, 0.3) is 0 Å². The van der Waals surface area contributed by atoms with E-state index >= 15 is 0 Å². The van der Waals surface area contributed by atoms with E-state index in [1.54, 1.807) is 18.2 Å². The Bertz CT molecular complexity index is 447. The fourth-order valence-electron chi connectivity index (χ4n) is 0.901. The van der Waals surface area contributed by atoms with Crippen molar-refractivity contribution >= 4 is 40.3 Å². The second-order valence-corrected chi connectivity index (χ2v) is 4.02. The lowest BCUT2D eigenvalue weighted by molar-refractivity contribution is -0.268. The van der Waals surface area contributed by atoms with Crippen LogP contribution in [0.15, 0.2) is 51.6 Å². The van der Waals surface area contributed by atoms with Gasteiger partial charge in [0.2, 0.25) is 0 Å². The van der Waals surface area contributed by atoms with Crippen molar-refractivity contribution in [1.82, 2.24) is 0 Å². The Kier molecular flexibility index (Phi) is 4.91. The van der Waals surface area contributed by atoms with Gasteiger partial charge >= 0.3 is 0 Å². The molecule has 0 aliphatic carbocycles. The minimum atomic E-state index is -0.137. The van der Waals surface area contributed by atoms with Crippen molar-refractivity contribution in [3.8, 4) is 5.75 Å². The average molecular weight is 326 g/mol.